The van der Waals surface area contributed by atoms with E-state index in [1.165, 1.54) is 19.1 Å². The van der Waals surface area contributed by atoms with Crippen LogP contribution in [0.5, 0.6) is 0 Å². The van der Waals surface area contributed by atoms with E-state index in [1.807, 2.05) is 20.8 Å². The first-order valence-corrected chi connectivity index (χ1v) is 6.43. The van der Waals surface area contributed by atoms with Crippen LogP contribution in [0.15, 0.2) is 12.7 Å². The van der Waals surface area contributed by atoms with Crippen molar-refractivity contribution in [2.45, 2.75) is 39.0 Å². The molecule has 0 aromatic carbocycles. The zero-order valence-electron chi connectivity index (χ0n) is 12.8. The zero-order chi connectivity index (χ0) is 15.6. The summed E-state index contributed by atoms with van der Waals surface area (Å²) in [6, 6.07) is 0. The molecule has 0 aromatic heterocycles. The first-order chi connectivity index (χ1) is 9.24. The smallest absolute Gasteiger partial charge is 0.412 e. The molecule has 1 heterocycles. The molecule has 1 amide bonds. The van der Waals surface area contributed by atoms with E-state index >= 15 is 0 Å². The van der Waals surface area contributed by atoms with Crippen molar-refractivity contribution in [2.75, 3.05) is 20.8 Å². The topological polar surface area (TPSA) is 65.1 Å². The quantitative estimate of drug-likeness (QED) is 0.585. The Labute approximate surface area is 119 Å². The molecule has 0 aromatic rings. The molecule has 2 atom stereocenters. The molecule has 1 fully saturated rings. The number of carbonyl (C=O) groups is 2. The second-order valence-electron chi connectivity index (χ2n) is 5.89. The number of methoxy groups -OCH3 is 2. The Hall–Kier alpha value is -1.56. The Balaban J connectivity index is 3.32. The summed E-state index contributed by atoms with van der Waals surface area (Å²) in [6.45, 7) is 9.49. The fourth-order valence-electron chi connectivity index (χ4n) is 2.42. The van der Waals surface area contributed by atoms with Gasteiger partial charge in [0.1, 0.15) is 6.23 Å². The number of nitrogens with zero attached hydrogens (tertiary/aromatic N) is 1. The number of rotatable bonds is 3. The highest BCUT2D eigenvalue weighted by atomic mass is 16.6. The van der Waals surface area contributed by atoms with E-state index in [-0.39, 0.29) is 18.4 Å². The fraction of sp³-hybridized carbons (Fsp3) is 0.714. The van der Waals surface area contributed by atoms with Gasteiger partial charge in [0, 0.05) is 11.8 Å². The maximum atomic E-state index is 12.2. The molecule has 1 aliphatic rings. The number of amides is 1. The summed E-state index contributed by atoms with van der Waals surface area (Å²) < 4.78 is 15.4. The lowest BCUT2D eigenvalue weighted by molar-refractivity contribution is -0.153. The van der Waals surface area contributed by atoms with E-state index in [0.29, 0.717) is 0 Å². The summed E-state index contributed by atoms with van der Waals surface area (Å²) in [5.74, 6) is -0.533. The minimum Gasteiger partial charge on any atom is -0.467 e. The average molecular weight is 285 g/mol. The number of hydrogen-bond acceptors (Lipinski definition) is 5. The van der Waals surface area contributed by atoms with Crippen molar-refractivity contribution in [1.29, 1.82) is 0 Å². The molecule has 6 nitrogen and oxygen atoms in total. The fourth-order valence-corrected chi connectivity index (χ4v) is 2.42. The zero-order valence-corrected chi connectivity index (χ0v) is 12.8. The number of esters is 1. The molecule has 0 saturated carbocycles. The molecule has 0 bridgehead atoms. The third-order valence-electron chi connectivity index (χ3n) is 3.34. The van der Waals surface area contributed by atoms with Crippen molar-refractivity contribution in [3.63, 3.8) is 0 Å². The van der Waals surface area contributed by atoms with Crippen LogP contribution in [0.2, 0.25) is 0 Å². The normalized spacial score (nSPS) is 26.2. The van der Waals surface area contributed by atoms with Gasteiger partial charge in [0.2, 0.25) is 0 Å². The summed E-state index contributed by atoms with van der Waals surface area (Å²) in [6.07, 6.45) is 0.617. The van der Waals surface area contributed by atoms with Crippen LogP contribution < -0.4 is 0 Å². The van der Waals surface area contributed by atoms with Gasteiger partial charge >= 0.3 is 12.1 Å². The van der Waals surface area contributed by atoms with E-state index in [0.717, 1.165) is 0 Å². The second kappa shape index (κ2) is 5.83. The van der Waals surface area contributed by atoms with E-state index in [2.05, 4.69) is 6.58 Å². The molecule has 6 heteroatoms. The Morgan fingerprint density at radius 1 is 1.40 bits per heavy atom. The highest BCUT2D eigenvalue weighted by Crippen LogP contribution is 2.40. The molecule has 0 spiro atoms. The third-order valence-corrected chi connectivity index (χ3v) is 3.34. The van der Waals surface area contributed by atoms with Crippen molar-refractivity contribution in [2.24, 2.45) is 5.41 Å². The molecular weight excluding hydrogens is 262 g/mol. The van der Waals surface area contributed by atoms with Gasteiger partial charge in [-0.2, -0.15) is 0 Å². The van der Waals surface area contributed by atoms with Crippen LogP contribution in [0, 0.1) is 5.41 Å². The molecule has 0 unspecified atom stereocenters. The van der Waals surface area contributed by atoms with Crippen molar-refractivity contribution >= 4 is 12.1 Å². The lowest BCUT2D eigenvalue weighted by Crippen LogP contribution is -2.59. The highest BCUT2D eigenvalue weighted by molar-refractivity contribution is 5.87. The molecule has 20 heavy (non-hydrogen) atoms. The van der Waals surface area contributed by atoms with Gasteiger partial charge < -0.3 is 14.2 Å². The number of ether oxygens (including phenoxy) is 3. The van der Waals surface area contributed by atoms with E-state index in [1.54, 1.807) is 6.08 Å². The van der Waals surface area contributed by atoms with Gasteiger partial charge in [-0.05, 0) is 0 Å². The summed E-state index contributed by atoms with van der Waals surface area (Å²) in [7, 11) is 2.56. The van der Waals surface area contributed by atoms with Crippen LogP contribution in [0.25, 0.3) is 0 Å². The number of carbonyl (C=O) groups excluding carboxylic acids is 2. The maximum absolute atomic E-state index is 12.2. The van der Waals surface area contributed by atoms with Gasteiger partial charge in [-0.1, -0.05) is 26.8 Å². The molecule has 0 aliphatic carbocycles. The van der Waals surface area contributed by atoms with E-state index in [4.69, 9.17) is 14.2 Å². The first kappa shape index (κ1) is 16.5. The number of hydrogen-bond donors (Lipinski definition) is 0. The van der Waals surface area contributed by atoms with Gasteiger partial charge in [0.15, 0.2) is 5.54 Å². The predicted molar refractivity (Wildman–Crippen MR) is 73.0 cm³/mol. The minimum atomic E-state index is -1.22. The van der Waals surface area contributed by atoms with Crippen LogP contribution >= 0.6 is 0 Å². The van der Waals surface area contributed by atoms with Gasteiger partial charge in [-0.3, -0.25) is 4.90 Å². The maximum Gasteiger partial charge on any atom is 0.412 e. The minimum absolute atomic E-state index is 0.0583. The summed E-state index contributed by atoms with van der Waals surface area (Å²) in [4.78, 5) is 25.7. The Morgan fingerprint density at radius 3 is 2.40 bits per heavy atom. The van der Waals surface area contributed by atoms with Crippen molar-refractivity contribution < 1.29 is 23.8 Å². The van der Waals surface area contributed by atoms with Gasteiger partial charge in [-0.15, -0.1) is 6.58 Å². The largest absolute Gasteiger partial charge is 0.467 e. The average Bonchev–Trinajstić information content (AvgIpc) is 2.77. The van der Waals surface area contributed by atoms with Crippen molar-refractivity contribution in [1.82, 2.24) is 4.90 Å². The monoisotopic (exact) mass is 285 g/mol. The Bertz CT molecular complexity index is 401. The molecule has 1 saturated heterocycles. The Kier molecular flexibility index (Phi) is 4.81. The summed E-state index contributed by atoms with van der Waals surface area (Å²) >= 11 is 0. The lowest BCUT2D eigenvalue weighted by atomic mass is 9.89. The molecule has 1 rings (SSSR count). The van der Waals surface area contributed by atoms with Crippen LogP contribution in [0.4, 0.5) is 4.79 Å². The van der Waals surface area contributed by atoms with E-state index < -0.39 is 23.8 Å². The Morgan fingerprint density at radius 2 is 2.00 bits per heavy atom. The van der Waals surface area contributed by atoms with Crippen LogP contribution in [0.1, 0.15) is 27.2 Å². The first-order valence-electron chi connectivity index (χ1n) is 6.43. The van der Waals surface area contributed by atoms with Crippen LogP contribution in [0.3, 0.4) is 0 Å². The molecule has 1 aliphatic heterocycles. The van der Waals surface area contributed by atoms with Gasteiger partial charge in [0.05, 0.1) is 20.8 Å². The molecule has 0 N–H and O–H groups in total. The van der Waals surface area contributed by atoms with Crippen LogP contribution in [-0.4, -0.2) is 49.6 Å². The van der Waals surface area contributed by atoms with Gasteiger partial charge in [-0.25, -0.2) is 9.59 Å². The lowest BCUT2D eigenvalue weighted by Gasteiger charge is -2.39. The molecule has 114 valence electrons. The summed E-state index contributed by atoms with van der Waals surface area (Å²) in [5, 5.41) is 0. The van der Waals surface area contributed by atoms with Gasteiger partial charge in [0.25, 0.3) is 0 Å². The second-order valence-corrected chi connectivity index (χ2v) is 5.89. The van der Waals surface area contributed by atoms with Crippen molar-refractivity contribution in [3.05, 3.63) is 12.7 Å². The molecular formula is C14H23NO5. The van der Waals surface area contributed by atoms with E-state index in [9.17, 15) is 9.59 Å². The van der Waals surface area contributed by atoms with Crippen molar-refractivity contribution in [3.8, 4) is 0 Å². The van der Waals surface area contributed by atoms with Crippen LogP contribution in [-0.2, 0) is 19.0 Å². The third kappa shape index (κ3) is 2.65. The molecule has 0 radical (unpaired) electrons. The highest BCUT2D eigenvalue weighted by Gasteiger charge is 2.58. The SMILES string of the molecule is C=CC[C@@]1(C(=O)OC)CO[C@H](C(C)(C)C)N1C(=O)OC. The standard InChI is InChI=1S/C14H23NO5/c1-7-8-14(11(16)18-5)9-20-10(13(2,3)4)15(14)12(17)19-6/h7,10H,1,8-9H2,2-6H3/t10-,14+/m1/s1. The predicted octanol–water partition coefficient (Wildman–Crippen LogP) is 1.95. The summed E-state index contributed by atoms with van der Waals surface area (Å²) in [5.41, 5.74) is -1.59.